The summed E-state index contributed by atoms with van der Waals surface area (Å²) in [6.07, 6.45) is 0. The number of halogens is 1. The Morgan fingerprint density at radius 2 is 1.59 bits per heavy atom. The smallest absolute Gasteiger partial charge is 0.253 e. The van der Waals surface area contributed by atoms with Crippen molar-refractivity contribution in [2.24, 2.45) is 5.92 Å². The maximum absolute atomic E-state index is 13.2. The maximum Gasteiger partial charge on any atom is 0.253 e. The molecule has 1 fully saturated rings. The molecule has 3 rings (SSSR count). The number of hydrogen-bond acceptors (Lipinski definition) is 3. The molecule has 2 amide bonds. The summed E-state index contributed by atoms with van der Waals surface area (Å²) >= 11 is 0. The lowest BCUT2D eigenvalue weighted by Crippen LogP contribution is -2.51. The zero-order chi connectivity index (χ0) is 20.8. The van der Waals surface area contributed by atoms with Crippen LogP contribution in [0.5, 0.6) is 0 Å². The van der Waals surface area contributed by atoms with Crippen LogP contribution in [0, 0.1) is 11.7 Å². The predicted molar refractivity (Wildman–Crippen MR) is 111 cm³/mol. The molecule has 1 heterocycles. The first-order valence-corrected chi connectivity index (χ1v) is 10.1. The van der Waals surface area contributed by atoms with E-state index in [-0.39, 0.29) is 36.1 Å². The molecule has 0 radical (unpaired) electrons. The number of nitrogens with zero attached hydrogens (tertiary/aromatic N) is 2. The Morgan fingerprint density at radius 3 is 2.17 bits per heavy atom. The standard InChI is InChI=1S/C23H28FN3O2/c1-17(2)22(18-8-10-20(24)11-9-18)25-21(28)16-26-12-14-27(15-13-26)23(29)19-6-4-3-5-7-19/h3-11,17,22H,12-16H2,1-2H3,(H,25,28). The Hall–Kier alpha value is -2.73. The van der Waals surface area contributed by atoms with Gasteiger partial charge in [-0.3, -0.25) is 14.5 Å². The Bertz CT molecular complexity index is 816. The Balaban J connectivity index is 1.51. The van der Waals surface area contributed by atoms with E-state index in [1.165, 1.54) is 12.1 Å². The average Bonchev–Trinajstić information content (AvgIpc) is 2.73. The molecular formula is C23H28FN3O2. The molecule has 1 unspecified atom stereocenters. The fraction of sp³-hybridized carbons (Fsp3) is 0.391. The lowest BCUT2D eigenvalue weighted by atomic mass is 9.96. The Labute approximate surface area is 171 Å². The van der Waals surface area contributed by atoms with E-state index in [1.807, 2.05) is 49.1 Å². The topological polar surface area (TPSA) is 52.7 Å². The highest BCUT2D eigenvalue weighted by molar-refractivity contribution is 5.94. The van der Waals surface area contributed by atoms with Crippen LogP contribution >= 0.6 is 0 Å². The van der Waals surface area contributed by atoms with Crippen molar-refractivity contribution in [2.45, 2.75) is 19.9 Å². The molecule has 0 aromatic heterocycles. The van der Waals surface area contributed by atoms with E-state index in [0.717, 1.165) is 5.56 Å². The monoisotopic (exact) mass is 397 g/mol. The largest absolute Gasteiger partial charge is 0.348 e. The highest BCUT2D eigenvalue weighted by atomic mass is 19.1. The van der Waals surface area contributed by atoms with Gasteiger partial charge in [0, 0.05) is 31.7 Å². The fourth-order valence-corrected chi connectivity index (χ4v) is 3.60. The van der Waals surface area contributed by atoms with E-state index in [4.69, 9.17) is 0 Å². The van der Waals surface area contributed by atoms with E-state index in [0.29, 0.717) is 31.7 Å². The molecule has 29 heavy (non-hydrogen) atoms. The molecule has 2 aromatic carbocycles. The summed E-state index contributed by atoms with van der Waals surface area (Å²) in [6.45, 7) is 6.88. The van der Waals surface area contributed by atoms with Crippen LogP contribution in [-0.2, 0) is 4.79 Å². The van der Waals surface area contributed by atoms with Crippen LogP contribution in [0.25, 0.3) is 0 Å². The van der Waals surface area contributed by atoms with E-state index in [9.17, 15) is 14.0 Å². The number of benzene rings is 2. The molecule has 6 heteroatoms. The molecule has 0 aliphatic carbocycles. The molecule has 1 aliphatic rings. The number of amides is 2. The Morgan fingerprint density at radius 1 is 0.966 bits per heavy atom. The van der Waals surface area contributed by atoms with Gasteiger partial charge < -0.3 is 10.2 Å². The third kappa shape index (κ3) is 5.64. The lowest BCUT2D eigenvalue weighted by molar-refractivity contribution is -0.123. The second-order valence-corrected chi connectivity index (χ2v) is 7.78. The van der Waals surface area contributed by atoms with Crippen LogP contribution in [0.4, 0.5) is 4.39 Å². The van der Waals surface area contributed by atoms with Crippen LogP contribution in [0.15, 0.2) is 54.6 Å². The van der Waals surface area contributed by atoms with E-state index < -0.39 is 0 Å². The van der Waals surface area contributed by atoms with Gasteiger partial charge in [0.2, 0.25) is 5.91 Å². The van der Waals surface area contributed by atoms with Gasteiger partial charge in [0.25, 0.3) is 5.91 Å². The summed E-state index contributed by atoms with van der Waals surface area (Å²) in [5.74, 6) is -0.128. The van der Waals surface area contributed by atoms with Crippen molar-refractivity contribution >= 4 is 11.8 Å². The van der Waals surface area contributed by atoms with Gasteiger partial charge in [-0.15, -0.1) is 0 Å². The molecule has 5 nitrogen and oxygen atoms in total. The highest BCUT2D eigenvalue weighted by Gasteiger charge is 2.25. The molecule has 1 saturated heterocycles. The van der Waals surface area contributed by atoms with Crippen LogP contribution < -0.4 is 5.32 Å². The third-order valence-electron chi connectivity index (χ3n) is 5.26. The van der Waals surface area contributed by atoms with Gasteiger partial charge in [-0.05, 0) is 35.7 Å². The average molecular weight is 397 g/mol. The second-order valence-electron chi connectivity index (χ2n) is 7.78. The second kappa shape index (κ2) is 9.65. The zero-order valence-electron chi connectivity index (χ0n) is 17.0. The van der Waals surface area contributed by atoms with Crippen LogP contribution in [0.3, 0.4) is 0 Å². The van der Waals surface area contributed by atoms with Gasteiger partial charge in [0.15, 0.2) is 0 Å². The maximum atomic E-state index is 13.2. The summed E-state index contributed by atoms with van der Waals surface area (Å²) in [7, 11) is 0. The number of carbonyl (C=O) groups excluding carboxylic acids is 2. The van der Waals surface area contributed by atoms with Crippen LogP contribution in [0.2, 0.25) is 0 Å². The normalized spacial score (nSPS) is 15.9. The van der Waals surface area contributed by atoms with E-state index in [1.54, 1.807) is 12.1 Å². The SMILES string of the molecule is CC(C)C(NC(=O)CN1CCN(C(=O)c2ccccc2)CC1)c1ccc(F)cc1. The fourth-order valence-electron chi connectivity index (χ4n) is 3.60. The van der Waals surface area contributed by atoms with E-state index in [2.05, 4.69) is 10.2 Å². The highest BCUT2D eigenvalue weighted by Crippen LogP contribution is 2.22. The third-order valence-corrected chi connectivity index (χ3v) is 5.26. The van der Waals surface area contributed by atoms with E-state index >= 15 is 0 Å². The van der Waals surface area contributed by atoms with Gasteiger partial charge in [0.1, 0.15) is 5.82 Å². The number of carbonyl (C=O) groups is 2. The van der Waals surface area contributed by atoms with Crippen LogP contribution in [-0.4, -0.2) is 54.3 Å². The molecule has 0 bridgehead atoms. The first-order valence-electron chi connectivity index (χ1n) is 10.1. The first kappa shape index (κ1) is 21.0. The van der Waals surface area contributed by atoms with Crippen molar-refractivity contribution in [3.63, 3.8) is 0 Å². The van der Waals surface area contributed by atoms with Gasteiger partial charge in [-0.2, -0.15) is 0 Å². The summed E-state index contributed by atoms with van der Waals surface area (Å²) in [6, 6.07) is 15.4. The first-order chi connectivity index (χ1) is 13.9. The van der Waals surface area contributed by atoms with Crippen molar-refractivity contribution in [2.75, 3.05) is 32.7 Å². The summed E-state index contributed by atoms with van der Waals surface area (Å²) in [4.78, 5) is 29.0. The minimum Gasteiger partial charge on any atom is -0.348 e. The lowest BCUT2D eigenvalue weighted by Gasteiger charge is -2.34. The molecular weight excluding hydrogens is 369 g/mol. The quantitative estimate of drug-likeness (QED) is 0.815. The number of nitrogens with one attached hydrogen (secondary N) is 1. The number of piperazine rings is 1. The van der Waals surface area contributed by atoms with Crippen molar-refractivity contribution in [3.8, 4) is 0 Å². The number of hydrogen-bond donors (Lipinski definition) is 1. The molecule has 0 spiro atoms. The minimum absolute atomic E-state index is 0.0332. The van der Waals surface area contributed by atoms with Gasteiger partial charge in [0.05, 0.1) is 12.6 Å². The molecule has 1 aliphatic heterocycles. The molecule has 154 valence electrons. The summed E-state index contributed by atoms with van der Waals surface area (Å²) in [5.41, 5.74) is 1.59. The summed E-state index contributed by atoms with van der Waals surface area (Å²) < 4.78 is 13.2. The van der Waals surface area contributed by atoms with Gasteiger partial charge in [-0.25, -0.2) is 4.39 Å². The zero-order valence-corrected chi connectivity index (χ0v) is 17.0. The Kier molecular flexibility index (Phi) is 6.99. The molecule has 1 N–H and O–H groups in total. The molecule has 2 aromatic rings. The molecule has 0 saturated carbocycles. The summed E-state index contributed by atoms with van der Waals surface area (Å²) in [5, 5.41) is 3.08. The van der Waals surface area contributed by atoms with Crippen molar-refractivity contribution in [1.82, 2.24) is 15.1 Å². The molecule has 1 atom stereocenters. The van der Waals surface area contributed by atoms with Crippen molar-refractivity contribution < 1.29 is 14.0 Å². The van der Waals surface area contributed by atoms with Gasteiger partial charge >= 0.3 is 0 Å². The predicted octanol–water partition coefficient (Wildman–Crippen LogP) is 3.10. The van der Waals surface area contributed by atoms with Crippen molar-refractivity contribution in [1.29, 1.82) is 0 Å². The van der Waals surface area contributed by atoms with Crippen LogP contribution in [0.1, 0.15) is 35.8 Å². The van der Waals surface area contributed by atoms with Crippen molar-refractivity contribution in [3.05, 3.63) is 71.5 Å². The van der Waals surface area contributed by atoms with Gasteiger partial charge in [-0.1, -0.05) is 44.2 Å². The minimum atomic E-state index is -0.287. The number of rotatable bonds is 6.